The third-order valence-electron chi connectivity index (χ3n) is 4.42. The molecule has 152 valence electrons. The third-order valence-corrected chi connectivity index (χ3v) is 6.90. The van der Waals surface area contributed by atoms with E-state index in [0.29, 0.717) is 10.6 Å². The summed E-state index contributed by atoms with van der Waals surface area (Å²) in [5, 5.41) is 2.97. The molecule has 3 amide bonds. The molecule has 1 atom stereocenters. The maximum atomic E-state index is 12.5. The molecule has 0 spiro atoms. The predicted molar refractivity (Wildman–Crippen MR) is 117 cm³/mol. The number of hydrazine groups is 1. The molecule has 0 aliphatic carbocycles. The fourth-order valence-electron chi connectivity index (χ4n) is 2.94. The topological polar surface area (TPSA) is 100 Å². The molecule has 2 heterocycles. The van der Waals surface area contributed by atoms with Gasteiger partial charge in [0.25, 0.3) is 5.91 Å². The number of hydrogen-bond donors (Lipinski definition) is 3. The van der Waals surface area contributed by atoms with Gasteiger partial charge in [-0.3, -0.25) is 25.2 Å². The first-order chi connectivity index (χ1) is 14.5. The van der Waals surface area contributed by atoms with Gasteiger partial charge in [0, 0.05) is 16.9 Å². The summed E-state index contributed by atoms with van der Waals surface area (Å²) >= 11 is 2.59. The molecule has 7 nitrogen and oxygen atoms in total. The molecule has 0 saturated carbocycles. The van der Waals surface area contributed by atoms with Crippen LogP contribution in [0.25, 0.3) is 10.6 Å². The number of rotatable bonds is 4. The van der Waals surface area contributed by atoms with Crippen molar-refractivity contribution in [3.8, 4) is 10.6 Å². The molecule has 0 bridgehead atoms. The van der Waals surface area contributed by atoms with Crippen molar-refractivity contribution in [3.63, 3.8) is 0 Å². The highest BCUT2D eigenvalue weighted by molar-refractivity contribution is 8.01. The first-order valence-corrected chi connectivity index (χ1v) is 10.9. The number of thiazole rings is 1. The molecular formula is C21H18N4O3S2. The minimum absolute atomic E-state index is 0.0535. The van der Waals surface area contributed by atoms with Crippen molar-refractivity contribution in [2.75, 3.05) is 5.32 Å². The van der Waals surface area contributed by atoms with Crippen LogP contribution in [0.5, 0.6) is 0 Å². The Bertz CT molecular complexity index is 1110. The molecule has 30 heavy (non-hydrogen) atoms. The van der Waals surface area contributed by atoms with E-state index in [1.807, 2.05) is 54.6 Å². The smallest absolute Gasteiger partial charge is 0.281 e. The Labute approximate surface area is 181 Å². The highest BCUT2D eigenvalue weighted by atomic mass is 32.2. The molecule has 4 rings (SSSR count). The van der Waals surface area contributed by atoms with Gasteiger partial charge >= 0.3 is 0 Å². The number of amides is 3. The second-order valence-corrected chi connectivity index (χ2v) is 8.84. The van der Waals surface area contributed by atoms with E-state index in [2.05, 4.69) is 21.2 Å². The van der Waals surface area contributed by atoms with Crippen LogP contribution < -0.4 is 16.2 Å². The molecular weight excluding hydrogens is 420 g/mol. The van der Waals surface area contributed by atoms with Crippen molar-refractivity contribution in [1.82, 2.24) is 15.8 Å². The Morgan fingerprint density at radius 2 is 1.80 bits per heavy atom. The first kappa shape index (κ1) is 20.1. The number of nitrogens with zero attached hydrogens (tertiary/aromatic N) is 1. The zero-order valence-corrected chi connectivity index (χ0v) is 17.6. The Morgan fingerprint density at radius 1 is 1.07 bits per heavy atom. The molecule has 9 heteroatoms. The monoisotopic (exact) mass is 438 g/mol. The molecule has 3 aromatic rings. The quantitative estimate of drug-likeness (QED) is 0.542. The average molecular weight is 439 g/mol. The number of carbonyl (C=O) groups excluding carboxylic acids is 3. The van der Waals surface area contributed by atoms with Crippen molar-refractivity contribution >= 4 is 46.5 Å². The summed E-state index contributed by atoms with van der Waals surface area (Å²) in [4.78, 5) is 42.8. The fourth-order valence-corrected chi connectivity index (χ4v) is 5.02. The normalized spacial score (nSPS) is 15.1. The number of thioether (sulfide) groups is 1. The van der Waals surface area contributed by atoms with E-state index < -0.39 is 17.1 Å². The fraction of sp³-hybridized carbons (Fsp3) is 0.143. The summed E-state index contributed by atoms with van der Waals surface area (Å²) in [5.74, 6) is -1.11. The number of hydrogen-bond acceptors (Lipinski definition) is 6. The van der Waals surface area contributed by atoms with Gasteiger partial charge in [-0.25, -0.2) is 4.98 Å². The number of anilines is 1. The predicted octanol–water partition coefficient (Wildman–Crippen LogP) is 3.38. The summed E-state index contributed by atoms with van der Waals surface area (Å²) < 4.78 is 0. The minimum atomic E-state index is -0.563. The van der Waals surface area contributed by atoms with E-state index in [-0.39, 0.29) is 12.3 Å². The van der Waals surface area contributed by atoms with Gasteiger partial charge in [0.05, 0.1) is 16.6 Å². The van der Waals surface area contributed by atoms with Crippen molar-refractivity contribution in [1.29, 1.82) is 0 Å². The maximum absolute atomic E-state index is 12.5. The number of aryl methyl sites for hydroxylation is 1. The Hall–Kier alpha value is -3.17. The van der Waals surface area contributed by atoms with E-state index in [9.17, 15) is 14.4 Å². The number of para-hydroxylation sites is 1. The van der Waals surface area contributed by atoms with Crippen molar-refractivity contribution in [2.45, 2.75) is 23.5 Å². The summed E-state index contributed by atoms with van der Waals surface area (Å²) in [6, 6.07) is 17.0. The Kier molecular flexibility index (Phi) is 5.82. The lowest BCUT2D eigenvalue weighted by atomic mass is 10.2. The van der Waals surface area contributed by atoms with Crippen LogP contribution in [0.3, 0.4) is 0 Å². The standard InChI is InChI=1S/C21H18N4O3S2/c1-12-18(30-21(22-12)13-7-3-2-4-8-13)20(28)25-24-17(26)11-16-19(27)23-14-9-5-6-10-15(14)29-16/h2-10,16H,11H2,1H3,(H,23,27)(H,24,26)(H,25,28)/t16-/m0/s1. The Morgan fingerprint density at radius 3 is 2.60 bits per heavy atom. The second kappa shape index (κ2) is 8.68. The summed E-state index contributed by atoms with van der Waals surface area (Å²) in [6.45, 7) is 1.75. The summed E-state index contributed by atoms with van der Waals surface area (Å²) in [7, 11) is 0. The van der Waals surface area contributed by atoms with Crippen molar-refractivity contribution in [3.05, 3.63) is 65.2 Å². The van der Waals surface area contributed by atoms with Crippen molar-refractivity contribution in [2.24, 2.45) is 0 Å². The van der Waals surface area contributed by atoms with Gasteiger partial charge in [0.2, 0.25) is 11.8 Å². The van der Waals surface area contributed by atoms with Crippen LogP contribution in [0, 0.1) is 6.92 Å². The molecule has 0 radical (unpaired) electrons. The third kappa shape index (κ3) is 4.37. The van der Waals surface area contributed by atoms with Crippen LogP contribution in [-0.2, 0) is 9.59 Å². The molecule has 1 aromatic heterocycles. The van der Waals surface area contributed by atoms with Crippen LogP contribution in [-0.4, -0.2) is 28.0 Å². The lowest BCUT2D eigenvalue weighted by Crippen LogP contribution is -2.44. The van der Waals surface area contributed by atoms with Gasteiger partial charge < -0.3 is 5.32 Å². The molecule has 0 saturated heterocycles. The number of nitrogens with one attached hydrogen (secondary N) is 3. The largest absolute Gasteiger partial charge is 0.324 e. The van der Waals surface area contributed by atoms with Gasteiger partial charge in [0.1, 0.15) is 9.88 Å². The van der Waals surface area contributed by atoms with E-state index in [1.165, 1.54) is 23.1 Å². The summed E-state index contributed by atoms with van der Waals surface area (Å²) in [6.07, 6.45) is -0.0535. The second-order valence-electron chi connectivity index (χ2n) is 6.60. The van der Waals surface area contributed by atoms with Gasteiger partial charge in [-0.1, -0.05) is 42.5 Å². The van der Waals surface area contributed by atoms with Crippen LogP contribution in [0.2, 0.25) is 0 Å². The molecule has 3 N–H and O–H groups in total. The van der Waals surface area contributed by atoms with Gasteiger partial charge in [-0.15, -0.1) is 23.1 Å². The van der Waals surface area contributed by atoms with Crippen LogP contribution in [0.1, 0.15) is 21.8 Å². The van der Waals surface area contributed by atoms with Gasteiger partial charge in [0.15, 0.2) is 0 Å². The first-order valence-electron chi connectivity index (χ1n) is 9.20. The van der Waals surface area contributed by atoms with Crippen LogP contribution >= 0.6 is 23.1 Å². The minimum Gasteiger partial charge on any atom is -0.324 e. The van der Waals surface area contributed by atoms with Crippen LogP contribution in [0.4, 0.5) is 5.69 Å². The van der Waals surface area contributed by atoms with E-state index >= 15 is 0 Å². The molecule has 2 aromatic carbocycles. The lowest BCUT2D eigenvalue weighted by molar-refractivity contribution is -0.124. The molecule has 1 aliphatic heterocycles. The Balaban J connectivity index is 1.35. The lowest BCUT2D eigenvalue weighted by Gasteiger charge is -2.23. The van der Waals surface area contributed by atoms with E-state index in [0.717, 1.165) is 21.2 Å². The van der Waals surface area contributed by atoms with E-state index in [4.69, 9.17) is 0 Å². The molecule has 0 fully saturated rings. The van der Waals surface area contributed by atoms with Gasteiger partial charge in [-0.05, 0) is 19.1 Å². The summed E-state index contributed by atoms with van der Waals surface area (Å²) in [5.41, 5.74) is 7.07. The SMILES string of the molecule is Cc1nc(-c2ccccc2)sc1C(=O)NNC(=O)C[C@@H]1Sc2ccccc2NC1=O. The van der Waals surface area contributed by atoms with Gasteiger partial charge in [-0.2, -0.15) is 0 Å². The number of aromatic nitrogens is 1. The molecule has 1 aliphatic rings. The zero-order chi connectivity index (χ0) is 21.1. The highest BCUT2D eigenvalue weighted by Gasteiger charge is 2.29. The van der Waals surface area contributed by atoms with Crippen LogP contribution in [0.15, 0.2) is 59.5 Å². The maximum Gasteiger partial charge on any atom is 0.281 e. The number of carbonyl (C=O) groups is 3. The average Bonchev–Trinajstić information content (AvgIpc) is 3.15. The number of fused-ring (bicyclic) bond motifs is 1. The zero-order valence-electron chi connectivity index (χ0n) is 16.0. The number of benzene rings is 2. The molecule has 0 unspecified atom stereocenters. The highest BCUT2D eigenvalue weighted by Crippen LogP contribution is 2.36. The van der Waals surface area contributed by atoms with Crippen molar-refractivity contribution < 1.29 is 14.4 Å². The van der Waals surface area contributed by atoms with E-state index in [1.54, 1.807) is 6.92 Å².